The van der Waals surface area contributed by atoms with Crippen molar-refractivity contribution in [1.29, 1.82) is 0 Å². The molecular weight excluding hydrogens is 321 g/mol. The van der Waals surface area contributed by atoms with Crippen molar-refractivity contribution < 1.29 is 14.0 Å². The summed E-state index contributed by atoms with van der Waals surface area (Å²) in [4.78, 5) is 23.3. The second-order valence-electron chi connectivity index (χ2n) is 4.58. The molecule has 23 heavy (non-hydrogen) atoms. The molecule has 0 unspecified atom stereocenters. The molecule has 2 rings (SSSR count). The summed E-state index contributed by atoms with van der Waals surface area (Å²) < 4.78 is 12.9. The van der Waals surface area contributed by atoms with Gasteiger partial charge in [-0.3, -0.25) is 9.59 Å². The van der Waals surface area contributed by atoms with Crippen LogP contribution in [0.25, 0.3) is 0 Å². The Bertz CT molecular complexity index is 732. The number of nitrogens with zero attached hydrogens (tertiary/aromatic N) is 1. The van der Waals surface area contributed by atoms with Crippen LogP contribution in [-0.4, -0.2) is 18.0 Å². The van der Waals surface area contributed by atoms with Crippen LogP contribution >= 0.6 is 11.6 Å². The van der Waals surface area contributed by atoms with Gasteiger partial charge >= 0.3 is 0 Å². The fraction of sp³-hybridized carbons (Fsp3) is 0.0625. The van der Waals surface area contributed by atoms with Gasteiger partial charge in [0.15, 0.2) is 0 Å². The molecule has 0 aliphatic heterocycles. The van der Waals surface area contributed by atoms with Crippen molar-refractivity contribution in [2.24, 2.45) is 5.10 Å². The Morgan fingerprint density at radius 3 is 2.57 bits per heavy atom. The SMILES string of the molecule is O=C(CC(=O)Nc1ccc(Cl)cc1)NN=Cc1cccc(F)c1. The molecule has 7 heteroatoms. The number of hydrogen-bond acceptors (Lipinski definition) is 3. The molecule has 2 amide bonds. The first-order chi connectivity index (χ1) is 11.0. The van der Waals surface area contributed by atoms with Crippen molar-refractivity contribution in [2.75, 3.05) is 5.32 Å². The van der Waals surface area contributed by atoms with Crippen LogP contribution in [0.3, 0.4) is 0 Å². The Balaban J connectivity index is 1.80. The lowest BCUT2D eigenvalue weighted by atomic mass is 10.2. The molecule has 0 aliphatic rings. The molecule has 0 heterocycles. The lowest BCUT2D eigenvalue weighted by Crippen LogP contribution is -2.24. The van der Waals surface area contributed by atoms with Crippen LogP contribution in [0.15, 0.2) is 53.6 Å². The molecule has 2 aromatic carbocycles. The minimum atomic E-state index is -0.580. The topological polar surface area (TPSA) is 70.6 Å². The van der Waals surface area contributed by atoms with Gasteiger partial charge in [0, 0.05) is 10.7 Å². The fourth-order valence-electron chi connectivity index (χ4n) is 1.69. The van der Waals surface area contributed by atoms with Crippen LogP contribution in [-0.2, 0) is 9.59 Å². The highest BCUT2D eigenvalue weighted by molar-refractivity contribution is 6.30. The van der Waals surface area contributed by atoms with Gasteiger partial charge in [-0.2, -0.15) is 5.10 Å². The quantitative estimate of drug-likeness (QED) is 0.501. The number of carbonyl (C=O) groups is 2. The molecule has 0 bridgehead atoms. The summed E-state index contributed by atoms with van der Waals surface area (Å²) in [5.41, 5.74) is 3.24. The standard InChI is InChI=1S/C16H13ClFN3O2/c17-12-4-6-14(7-5-12)20-15(22)9-16(23)21-19-10-11-2-1-3-13(18)8-11/h1-8,10H,9H2,(H,20,22)(H,21,23). The van der Waals surface area contributed by atoms with Gasteiger partial charge in [0.05, 0.1) is 6.21 Å². The molecule has 2 aromatic rings. The van der Waals surface area contributed by atoms with E-state index in [0.717, 1.165) is 0 Å². The largest absolute Gasteiger partial charge is 0.326 e. The monoisotopic (exact) mass is 333 g/mol. The summed E-state index contributed by atoms with van der Waals surface area (Å²) in [6.07, 6.45) is 0.904. The minimum Gasteiger partial charge on any atom is -0.326 e. The van der Waals surface area contributed by atoms with Gasteiger partial charge in [0.25, 0.3) is 0 Å². The predicted octanol–water partition coefficient (Wildman–Crippen LogP) is 2.96. The van der Waals surface area contributed by atoms with Gasteiger partial charge in [-0.1, -0.05) is 23.7 Å². The molecule has 5 nitrogen and oxygen atoms in total. The Labute approximate surface area is 137 Å². The van der Waals surface area contributed by atoms with Crippen LogP contribution < -0.4 is 10.7 Å². The van der Waals surface area contributed by atoms with Crippen molar-refractivity contribution in [1.82, 2.24) is 5.43 Å². The van der Waals surface area contributed by atoms with E-state index < -0.39 is 17.6 Å². The number of anilines is 1. The van der Waals surface area contributed by atoms with Gasteiger partial charge < -0.3 is 5.32 Å². The molecule has 2 N–H and O–H groups in total. The fourth-order valence-corrected chi connectivity index (χ4v) is 1.82. The summed E-state index contributed by atoms with van der Waals surface area (Å²) in [5, 5.41) is 6.77. The van der Waals surface area contributed by atoms with Crippen LogP contribution in [0.5, 0.6) is 0 Å². The average molecular weight is 334 g/mol. The minimum absolute atomic E-state index is 0.386. The Kier molecular flexibility index (Phi) is 5.82. The molecule has 118 valence electrons. The first-order valence-electron chi connectivity index (χ1n) is 6.66. The van der Waals surface area contributed by atoms with E-state index in [9.17, 15) is 14.0 Å². The third-order valence-corrected chi connectivity index (χ3v) is 2.95. The molecule has 0 aliphatic carbocycles. The zero-order valence-electron chi connectivity index (χ0n) is 11.9. The molecule has 0 aromatic heterocycles. The highest BCUT2D eigenvalue weighted by Gasteiger charge is 2.08. The van der Waals surface area contributed by atoms with E-state index in [1.54, 1.807) is 30.3 Å². The Morgan fingerprint density at radius 2 is 1.87 bits per heavy atom. The van der Waals surface area contributed by atoms with Crippen LogP contribution in [0.2, 0.25) is 5.02 Å². The number of benzene rings is 2. The smallest absolute Gasteiger partial charge is 0.249 e. The van der Waals surface area contributed by atoms with Crippen LogP contribution in [0.1, 0.15) is 12.0 Å². The van der Waals surface area contributed by atoms with Gasteiger partial charge in [-0.05, 0) is 42.0 Å². The summed E-state index contributed by atoms with van der Waals surface area (Å²) in [6, 6.07) is 12.2. The number of amides is 2. The van der Waals surface area contributed by atoms with Gasteiger partial charge in [-0.15, -0.1) is 0 Å². The number of halogens is 2. The average Bonchev–Trinajstić information content (AvgIpc) is 2.49. The summed E-state index contributed by atoms with van der Waals surface area (Å²) in [6.45, 7) is 0. The van der Waals surface area contributed by atoms with Crippen LogP contribution in [0.4, 0.5) is 10.1 Å². The van der Waals surface area contributed by atoms with Crippen molar-refractivity contribution in [3.05, 3.63) is 64.9 Å². The molecule has 0 saturated carbocycles. The first-order valence-corrected chi connectivity index (χ1v) is 7.03. The third kappa shape index (κ3) is 5.88. The van der Waals surface area contributed by atoms with E-state index in [1.807, 2.05) is 0 Å². The van der Waals surface area contributed by atoms with Crippen molar-refractivity contribution in [3.8, 4) is 0 Å². The van der Waals surface area contributed by atoms with E-state index in [4.69, 9.17) is 11.6 Å². The van der Waals surface area contributed by atoms with Gasteiger partial charge in [0.2, 0.25) is 11.8 Å². The van der Waals surface area contributed by atoms with E-state index in [-0.39, 0.29) is 6.42 Å². The van der Waals surface area contributed by atoms with Crippen LogP contribution in [0, 0.1) is 5.82 Å². The van der Waals surface area contributed by atoms with E-state index in [2.05, 4.69) is 15.8 Å². The number of hydrazone groups is 1. The number of nitrogens with one attached hydrogen (secondary N) is 2. The number of hydrogen-bond donors (Lipinski definition) is 2. The number of rotatable bonds is 5. The molecule has 0 radical (unpaired) electrons. The molecule has 0 saturated heterocycles. The van der Waals surface area contributed by atoms with Crippen molar-refractivity contribution >= 4 is 35.3 Å². The maximum absolute atomic E-state index is 12.9. The normalized spacial score (nSPS) is 10.5. The lowest BCUT2D eigenvalue weighted by molar-refractivity contribution is -0.126. The van der Waals surface area contributed by atoms with Gasteiger partial charge in [0.1, 0.15) is 12.2 Å². The third-order valence-electron chi connectivity index (χ3n) is 2.70. The second kappa shape index (κ2) is 8.05. The zero-order chi connectivity index (χ0) is 16.7. The maximum Gasteiger partial charge on any atom is 0.249 e. The molecular formula is C16H13ClFN3O2. The van der Waals surface area contributed by atoms with Crippen molar-refractivity contribution in [2.45, 2.75) is 6.42 Å². The summed E-state index contributed by atoms with van der Waals surface area (Å²) in [7, 11) is 0. The number of carbonyl (C=O) groups excluding carboxylic acids is 2. The molecule has 0 atom stereocenters. The summed E-state index contributed by atoms with van der Waals surface area (Å²) >= 11 is 5.73. The highest BCUT2D eigenvalue weighted by atomic mass is 35.5. The molecule has 0 fully saturated rings. The lowest BCUT2D eigenvalue weighted by Gasteiger charge is -2.04. The predicted molar refractivity (Wildman–Crippen MR) is 86.8 cm³/mol. The second-order valence-corrected chi connectivity index (χ2v) is 5.02. The first kappa shape index (κ1) is 16.6. The van der Waals surface area contributed by atoms with Crippen molar-refractivity contribution in [3.63, 3.8) is 0 Å². The van der Waals surface area contributed by atoms with E-state index >= 15 is 0 Å². The van der Waals surface area contributed by atoms with E-state index in [1.165, 1.54) is 24.4 Å². The summed E-state index contributed by atoms with van der Waals surface area (Å²) in [5.74, 6) is -1.46. The molecule has 0 spiro atoms. The van der Waals surface area contributed by atoms with E-state index in [0.29, 0.717) is 16.3 Å². The Morgan fingerprint density at radius 1 is 1.13 bits per heavy atom. The zero-order valence-corrected chi connectivity index (χ0v) is 12.7. The van der Waals surface area contributed by atoms with Gasteiger partial charge in [-0.25, -0.2) is 9.82 Å². The highest BCUT2D eigenvalue weighted by Crippen LogP contribution is 2.13. The Hall–Kier alpha value is -2.73. The maximum atomic E-state index is 12.9.